The zero-order valence-electron chi connectivity index (χ0n) is 9.95. The monoisotopic (exact) mass is 198 g/mol. The van der Waals surface area contributed by atoms with Crippen LogP contribution in [0.3, 0.4) is 0 Å². The molecule has 0 saturated carbocycles. The zero-order chi connectivity index (χ0) is 10.7. The van der Waals surface area contributed by atoms with Crippen LogP contribution in [0, 0.1) is 0 Å². The fourth-order valence-electron chi connectivity index (χ4n) is 0. The van der Waals surface area contributed by atoms with Crippen LogP contribution in [0.2, 0.25) is 0 Å². The number of carbonyl (C=O) groups is 3. The van der Waals surface area contributed by atoms with Crippen molar-refractivity contribution >= 4 is 17.9 Å². The second-order valence-electron chi connectivity index (χ2n) is 1.47. The standard InChI is InChI=1S/3C2H4O2.3Li/c3*1-2(3)4;;;/h3*1H3,(H,3,4);;;/q;;;3*+1/p-3. The molecule has 0 saturated heterocycles. The van der Waals surface area contributed by atoms with Crippen molar-refractivity contribution in [2.45, 2.75) is 20.8 Å². The molecule has 6 nitrogen and oxygen atoms in total. The Morgan fingerprint density at radius 3 is 0.600 bits per heavy atom. The summed E-state index contributed by atoms with van der Waals surface area (Å²) in [6, 6.07) is 0. The van der Waals surface area contributed by atoms with Gasteiger partial charge in [-0.05, 0) is 20.8 Å². The summed E-state index contributed by atoms with van der Waals surface area (Å²) in [5, 5.41) is 26.7. The first-order valence-electron chi connectivity index (χ1n) is 2.72. The number of carboxylic acids is 3. The van der Waals surface area contributed by atoms with E-state index in [4.69, 9.17) is 29.7 Å². The van der Waals surface area contributed by atoms with Crippen molar-refractivity contribution in [3.05, 3.63) is 0 Å². The van der Waals surface area contributed by atoms with Gasteiger partial charge in [0.2, 0.25) is 0 Å². The first kappa shape index (κ1) is 36.2. The first-order valence-corrected chi connectivity index (χ1v) is 2.72. The molecule has 0 radical (unpaired) electrons. The van der Waals surface area contributed by atoms with Crippen LogP contribution in [0.25, 0.3) is 0 Å². The molecule has 0 rings (SSSR count). The van der Waals surface area contributed by atoms with E-state index in [1.165, 1.54) is 0 Å². The number of carbonyl (C=O) groups excluding carboxylic acids is 3. The van der Waals surface area contributed by atoms with E-state index in [9.17, 15) is 0 Å². The van der Waals surface area contributed by atoms with Crippen LogP contribution in [0.4, 0.5) is 0 Å². The van der Waals surface area contributed by atoms with Gasteiger partial charge in [-0.15, -0.1) is 0 Å². The Morgan fingerprint density at radius 2 is 0.600 bits per heavy atom. The first-order chi connectivity index (χ1) is 5.20. The molecule has 0 fully saturated rings. The molecule has 0 aromatic rings. The van der Waals surface area contributed by atoms with Gasteiger partial charge >= 0.3 is 56.6 Å². The van der Waals surface area contributed by atoms with Gasteiger partial charge in [-0.25, -0.2) is 0 Å². The number of hydrogen-bond acceptors (Lipinski definition) is 6. The smallest absolute Gasteiger partial charge is 0.550 e. The average molecular weight is 198 g/mol. The molecule has 72 valence electrons. The Labute approximate surface area is 124 Å². The molecule has 0 N–H and O–H groups in total. The van der Waals surface area contributed by atoms with Crippen LogP contribution < -0.4 is 71.9 Å². The summed E-state index contributed by atoms with van der Waals surface area (Å²) in [6.45, 7) is 2.92. The molecular weight excluding hydrogens is 189 g/mol. The maximum Gasteiger partial charge on any atom is 1.00 e. The Morgan fingerprint density at radius 1 is 0.600 bits per heavy atom. The number of carboxylic acid groups (broad SMARTS) is 3. The average Bonchev–Trinajstić information content (AvgIpc) is 1.54. The molecule has 0 unspecified atom stereocenters. The minimum Gasteiger partial charge on any atom is -0.550 e. The van der Waals surface area contributed by atoms with E-state index in [1.807, 2.05) is 0 Å². The second kappa shape index (κ2) is 29.2. The molecule has 0 spiro atoms. The maximum absolute atomic E-state index is 8.89. The summed E-state index contributed by atoms with van der Waals surface area (Å²) in [5.41, 5.74) is 0. The van der Waals surface area contributed by atoms with E-state index in [2.05, 4.69) is 0 Å². The summed E-state index contributed by atoms with van der Waals surface area (Å²) < 4.78 is 0. The van der Waals surface area contributed by atoms with Crippen LogP contribution >= 0.6 is 0 Å². The molecule has 0 bridgehead atoms. The SMILES string of the molecule is CC(=O)[O-].CC(=O)[O-].CC(=O)[O-].[Li+].[Li+].[Li+]. The van der Waals surface area contributed by atoms with Crippen LogP contribution in [-0.2, 0) is 14.4 Å². The van der Waals surface area contributed by atoms with E-state index in [0.29, 0.717) is 0 Å². The van der Waals surface area contributed by atoms with Crippen LogP contribution in [0.1, 0.15) is 20.8 Å². The van der Waals surface area contributed by atoms with Gasteiger partial charge in [0.1, 0.15) is 0 Å². The van der Waals surface area contributed by atoms with E-state index in [-0.39, 0.29) is 56.6 Å². The third-order valence-corrected chi connectivity index (χ3v) is 0. The van der Waals surface area contributed by atoms with Gasteiger partial charge < -0.3 is 29.7 Å². The molecular formula is C6H9Li3O6. The number of aliphatic carboxylic acids is 3. The summed E-state index contributed by atoms with van der Waals surface area (Å²) in [4.78, 5) is 26.7. The van der Waals surface area contributed by atoms with Crippen LogP contribution in [0.5, 0.6) is 0 Å². The minimum atomic E-state index is -1.08. The molecule has 0 heterocycles. The van der Waals surface area contributed by atoms with Gasteiger partial charge in [-0.1, -0.05) is 0 Å². The summed E-state index contributed by atoms with van der Waals surface area (Å²) >= 11 is 0. The zero-order valence-corrected chi connectivity index (χ0v) is 9.95. The van der Waals surface area contributed by atoms with Crippen molar-refractivity contribution in [1.82, 2.24) is 0 Å². The molecule has 0 aliphatic carbocycles. The van der Waals surface area contributed by atoms with E-state index in [1.54, 1.807) is 0 Å². The van der Waals surface area contributed by atoms with Gasteiger partial charge in [0.25, 0.3) is 0 Å². The number of hydrogen-bond donors (Lipinski definition) is 0. The van der Waals surface area contributed by atoms with Gasteiger partial charge in [0.15, 0.2) is 0 Å². The number of rotatable bonds is 0. The molecule has 15 heavy (non-hydrogen) atoms. The van der Waals surface area contributed by atoms with Gasteiger partial charge in [-0.2, -0.15) is 0 Å². The van der Waals surface area contributed by atoms with Crippen molar-refractivity contribution in [2.24, 2.45) is 0 Å². The van der Waals surface area contributed by atoms with E-state index in [0.717, 1.165) is 20.8 Å². The van der Waals surface area contributed by atoms with E-state index < -0.39 is 17.9 Å². The van der Waals surface area contributed by atoms with Gasteiger partial charge in [0.05, 0.1) is 0 Å². The maximum atomic E-state index is 8.89. The Bertz CT molecular complexity index is 120. The van der Waals surface area contributed by atoms with Gasteiger partial charge in [0, 0.05) is 17.9 Å². The van der Waals surface area contributed by atoms with Crippen molar-refractivity contribution < 1.29 is 86.3 Å². The molecule has 0 amide bonds. The van der Waals surface area contributed by atoms with Gasteiger partial charge in [-0.3, -0.25) is 0 Å². The van der Waals surface area contributed by atoms with Crippen molar-refractivity contribution in [3.8, 4) is 0 Å². The van der Waals surface area contributed by atoms with Crippen LogP contribution in [0.15, 0.2) is 0 Å². The summed E-state index contributed by atoms with van der Waals surface area (Å²) in [5.74, 6) is -3.25. The predicted octanol–water partition coefficient (Wildman–Crippen LogP) is -12.7. The summed E-state index contributed by atoms with van der Waals surface area (Å²) in [7, 11) is 0. The molecule has 0 atom stereocenters. The van der Waals surface area contributed by atoms with Crippen molar-refractivity contribution in [1.29, 1.82) is 0 Å². The van der Waals surface area contributed by atoms with Crippen molar-refractivity contribution in [3.63, 3.8) is 0 Å². The fraction of sp³-hybridized carbons (Fsp3) is 0.500. The fourth-order valence-corrected chi connectivity index (χ4v) is 0. The predicted molar refractivity (Wildman–Crippen MR) is 32.0 cm³/mol. The molecule has 0 aromatic heterocycles. The topological polar surface area (TPSA) is 120 Å². The Hall–Kier alpha value is 0.202. The third-order valence-electron chi connectivity index (χ3n) is 0. The molecule has 0 aliphatic rings. The van der Waals surface area contributed by atoms with Crippen LogP contribution in [-0.4, -0.2) is 17.9 Å². The molecule has 9 heteroatoms. The van der Waals surface area contributed by atoms with Crippen molar-refractivity contribution in [2.75, 3.05) is 0 Å². The molecule has 0 aliphatic heterocycles. The van der Waals surface area contributed by atoms with E-state index >= 15 is 0 Å². The Kier molecular flexibility index (Phi) is 70.6. The molecule has 0 aromatic carbocycles. The third kappa shape index (κ3) is 51700. The minimum absolute atomic E-state index is 0. The normalized spacial score (nSPS) is 5.00. The Balaban J connectivity index is -0.0000000184. The second-order valence-corrected chi connectivity index (χ2v) is 1.47. The quantitative estimate of drug-likeness (QED) is 0.356. The largest absolute Gasteiger partial charge is 1.00 e. The summed E-state index contributed by atoms with van der Waals surface area (Å²) in [6.07, 6.45) is 0.